The smallest absolute Gasteiger partial charge is 0.255 e. The average molecular weight is 303 g/mol. The Morgan fingerprint density at radius 3 is 2.14 bits per heavy atom. The summed E-state index contributed by atoms with van der Waals surface area (Å²) < 4.78 is 23.6. The van der Waals surface area contributed by atoms with E-state index in [-0.39, 0.29) is 11.7 Å². The third-order valence-corrected chi connectivity index (χ3v) is 3.45. The van der Waals surface area contributed by atoms with Crippen LogP contribution in [0.1, 0.15) is 21.5 Å². The molecule has 0 aliphatic rings. The van der Waals surface area contributed by atoms with Gasteiger partial charge in [-0.3, -0.25) is 4.79 Å². The molecule has 22 heavy (non-hydrogen) atoms. The van der Waals surface area contributed by atoms with Crippen molar-refractivity contribution < 1.29 is 18.7 Å². The van der Waals surface area contributed by atoms with Gasteiger partial charge >= 0.3 is 0 Å². The maximum atomic E-state index is 13.1. The number of carbonyl (C=O) groups excluding carboxylic acids is 1. The van der Waals surface area contributed by atoms with Crippen molar-refractivity contribution in [3.05, 3.63) is 52.8 Å². The Morgan fingerprint density at radius 1 is 1.05 bits per heavy atom. The lowest BCUT2D eigenvalue weighted by Crippen LogP contribution is -2.13. The van der Waals surface area contributed by atoms with Gasteiger partial charge in [-0.2, -0.15) is 0 Å². The van der Waals surface area contributed by atoms with Gasteiger partial charge in [0.15, 0.2) is 0 Å². The number of hydrogen-bond acceptors (Lipinski definition) is 3. The second-order valence-electron chi connectivity index (χ2n) is 4.92. The summed E-state index contributed by atoms with van der Waals surface area (Å²) in [6.45, 7) is 3.58. The highest BCUT2D eigenvalue weighted by molar-refractivity contribution is 6.05. The van der Waals surface area contributed by atoms with Crippen molar-refractivity contribution in [1.29, 1.82) is 0 Å². The van der Waals surface area contributed by atoms with E-state index in [1.165, 1.54) is 32.4 Å². The molecule has 4 nitrogen and oxygen atoms in total. The molecule has 0 bridgehead atoms. The minimum Gasteiger partial charge on any atom is -0.496 e. The van der Waals surface area contributed by atoms with Crippen LogP contribution in [0.15, 0.2) is 30.3 Å². The van der Waals surface area contributed by atoms with Crippen LogP contribution in [0, 0.1) is 19.7 Å². The fraction of sp³-hybridized carbons (Fsp3) is 0.235. The standard InChI is InChI=1S/C17H18FNO3/c1-10-7-13(18)5-6-14(10)19-17(20)12-8-15(21-3)11(2)16(9-12)22-4/h5-9H,1-4H3,(H,19,20). The Morgan fingerprint density at radius 2 is 1.64 bits per heavy atom. The van der Waals surface area contributed by atoms with Gasteiger partial charge in [-0.25, -0.2) is 4.39 Å². The molecule has 2 rings (SSSR count). The van der Waals surface area contributed by atoms with Gasteiger partial charge in [0.2, 0.25) is 0 Å². The zero-order valence-corrected chi connectivity index (χ0v) is 13.0. The Labute approximate surface area is 128 Å². The molecule has 1 amide bonds. The van der Waals surface area contributed by atoms with Crippen LogP contribution < -0.4 is 14.8 Å². The first-order valence-electron chi connectivity index (χ1n) is 6.76. The van der Waals surface area contributed by atoms with Crippen molar-refractivity contribution in [3.63, 3.8) is 0 Å². The Balaban J connectivity index is 2.33. The van der Waals surface area contributed by atoms with Crippen molar-refractivity contribution in [2.24, 2.45) is 0 Å². The molecule has 0 aliphatic heterocycles. The van der Waals surface area contributed by atoms with Gasteiger partial charge in [-0.05, 0) is 49.7 Å². The fourth-order valence-electron chi connectivity index (χ4n) is 2.18. The molecule has 0 unspecified atom stereocenters. The van der Waals surface area contributed by atoms with Crippen LogP contribution >= 0.6 is 0 Å². The number of anilines is 1. The molecular formula is C17H18FNO3. The Bertz CT molecular complexity index is 688. The van der Waals surface area contributed by atoms with E-state index in [4.69, 9.17) is 9.47 Å². The molecule has 0 fully saturated rings. The van der Waals surface area contributed by atoms with Gasteiger partial charge in [-0.15, -0.1) is 0 Å². The van der Waals surface area contributed by atoms with E-state index in [1.54, 1.807) is 19.1 Å². The van der Waals surface area contributed by atoms with Crippen LogP contribution in [-0.2, 0) is 0 Å². The molecule has 1 N–H and O–H groups in total. The minimum atomic E-state index is -0.339. The predicted molar refractivity (Wildman–Crippen MR) is 83.4 cm³/mol. The monoisotopic (exact) mass is 303 g/mol. The van der Waals surface area contributed by atoms with Crippen molar-refractivity contribution in [2.45, 2.75) is 13.8 Å². The molecule has 0 atom stereocenters. The van der Waals surface area contributed by atoms with E-state index < -0.39 is 0 Å². The van der Waals surface area contributed by atoms with Crippen LogP contribution in [0.5, 0.6) is 11.5 Å². The van der Waals surface area contributed by atoms with Crippen molar-refractivity contribution >= 4 is 11.6 Å². The van der Waals surface area contributed by atoms with E-state index in [0.717, 1.165) is 5.56 Å². The average Bonchev–Trinajstić information content (AvgIpc) is 2.50. The van der Waals surface area contributed by atoms with Gasteiger partial charge in [0.05, 0.1) is 14.2 Å². The summed E-state index contributed by atoms with van der Waals surface area (Å²) in [6, 6.07) is 7.49. The van der Waals surface area contributed by atoms with Crippen LogP contribution in [0.2, 0.25) is 0 Å². The summed E-state index contributed by atoms with van der Waals surface area (Å²) in [6.07, 6.45) is 0. The molecule has 0 aromatic heterocycles. The molecule has 0 aliphatic carbocycles. The summed E-state index contributed by atoms with van der Waals surface area (Å²) in [4.78, 5) is 12.4. The zero-order valence-electron chi connectivity index (χ0n) is 13.0. The topological polar surface area (TPSA) is 47.6 Å². The number of rotatable bonds is 4. The lowest BCUT2D eigenvalue weighted by molar-refractivity contribution is 0.102. The lowest BCUT2D eigenvalue weighted by atomic mass is 10.1. The van der Waals surface area contributed by atoms with E-state index in [9.17, 15) is 9.18 Å². The van der Waals surface area contributed by atoms with Gasteiger partial charge < -0.3 is 14.8 Å². The maximum Gasteiger partial charge on any atom is 0.255 e. The van der Waals surface area contributed by atoms with Crippen molar-refractivity contribution in [1.82, 2.24) is 0 Å². The Kier molecular flexibility index (Phi) is 4.65. The number of ether oxygens (including phenoxy) is 2. The number of amides is 1. The quantitative estimate of drug-likeness (QED) is 0.936. The molecule has 2 aromatic rings. The van der Waals surface area contributed by atoms with Gasteiger partial charge in [0.25, 0.3) is 5.91 Å². The van der Waals surface area contributed by atoms with Crippen LogP contribution in [0.4, 0.5) is 10.1 Å². The lowest BCUT2D eigenvalue weighted by Gasteiger charge is -2.13. The molecule has 116 valence electrons. The second kappa shape index (κ2) is 6.47. The molecule has 0 heterocycles. The van der Waals surface area contributed by atoms with E-state index in [1.807, 2.05) is 6.92 Å². The molecular weight excluding hydrogens is 285 g/mol. The summed E-state index contributed by atoms with van der Waals surface area (Å²) in [5, 5.41) is 2.76. The highest BCUT2D eigenvalue weighted by Crippen LogP contribution is 2.30. The summed E-state index contributed by atoms with van der Waals surface area (Å²) in [5.74, 6) is 0.487. The molecule has 5 heteroatoms. The number of carbonyl (C=O) groups is 1. The van der Waals surface area contributed by atoms with Crippen molar-refractivity contribution in [2.75, 3.05) is 19.5 Å². The van der Waals surface area contributed by atoms with Crippen molar-refractivity contribution in [3.8, 4) is 11.5 Å². The summed E-state index contributed by atoms with van der Waals surface area (Å²) in [5.41, 5.74) is 2.44. The van der Waals surface area contributed by atoms with Crippen LogP contribution in [-0.4, -0.2) is 20.1 Å². The molecule has 0 spiro atoms. The van der Waals surface area contributed by atoms with E-state index in [0.29, 0.717) is 28.3 Å². The highest BCUT2D eigenvalue weighted by Gasteiger charge is 2.14. The number of hydrogen-bond donors (Lipinski definition) is 1. The number of methoxy groups -OCH3 is 2. The van der Waals surface area contributed by atoms with E-state index >= 15 is 0 Å². The molecule has 0 saturated carbocycles. The van der Waals surface area contributed by atoms with Crippen LogP contribution in [0.3, 0.4) is 0 Å². The number of benzene rings is 2. The number of halogens is 1. The normalized spacial score (nSPS) is 10.2. The van der Waals surface area contributed by atoms with E-state index in [2.05, 4.69) is 5.32 Å². The SMILES string of the molecule is COc1cc(C(=O)Nc2ccc(F)cc2C)cc(OC)c1C. The first-order chi connectivity index (χ1) is 10.5. The van der Waals surface area contributed by atoms with Crippen LogP contribution in [0.25, 0.3) is 0 Å². The largest absolute Gasteiger partial charge is 0.496 e. The first kappa shape index (κ1) is 15.8. The number of aryl methyl sites for hydroxylation is 1. The maximum absolute atomic E-state index is 13.1. The summed E-state index contributed by atoms with van der Waals surface area (Å²) >= 11 is 0. The second-order valence-corrected chi connectivity index (χ2v) is 4.92. The minimum absolute atomic E-state index is 0.314. The fourth-order valence-corrected chi connectivity index (χ4v) is 2.18. The molecule has 0 saturated heterocycles. The predicted octanol–water partition coefficient (Wildman–Crippen LogP) is 3.71. The molecule has 2 aromatic carbocycles. The van der Waals surface area contributed by atoms with Gasteiger partial charge in [-0.1, -0.05) is 0 Å². The van der Waals surface area contributed by atoms with Gasteiger partial charge in [0.1, 0.15) is 17.3 Å². The Hall–Kier alpha value is -2.56. The highest BCUT2D eigenvalue weighted by atomic mass is 19.1. The molecule has 0 radical (unpaired) electrons. The third kappa shape index (κ3) is 3.19. The van der Waals surface area contributed by atoms with Gasteiger partial charge in [0, 0.05) is 16.8 Å². The summed E-state index contributed by atoms with van der Waals surface area (Å²) in [7, 11) is 3.07. The number of nitrogens with one attached hydrogen (secondary N) is 1. The third-order valence-electron chi connectivity index (χ3n) is 3.45. The first-order valence-corrected chi connectivity index (χ1v) is 6.76. The zero-order chi connectivity index (χ0) is 16.3.